The zero-order valence-electron chi connectivity index (χ0n) is 50.7. The minimum Gasteiger partial charge on any atom is -0.151 e. The van der Waals surface area contributed by atoms with Crippen molar-refractivity contribution in [3.63, 3.8) is 0 Å². The van der Waals surface area contributed by atoms with Crippen molar-refractivity contribution < 1.29 is 0 Å². The van der Waals surface area contributed by atoms with E-state index < -0.39 is 0 Å². The zero-order valence-corrected chi connectivity index (χ0v) is 50.7. The highest BCUT2D eigenvalue weighted by atomic mass is 15.1. The van der Waals surface area contributed by atoms with Crippen LogP contribution in [-0.4, -0.2) is 0 Å². The Hall–Kier alpha value is -7.44. The predicted octanol–water partition coefficient (Wildman–Crippen LogP) is 25.2. The van der Waals surface area contributed by atoms with Crippen molar-refractivity contribution in [3.8, 4) is 0 Å². The largest absolute Gasteiger partial charge is 0.151 e. The Kier molecular flexibility index (Phi) is 53.5. The van der Waals surface area contributed by atoms with Crippen LogP contribution in [0.4, 0.5) is 34.1 Å². The highest BCUT2D eigenvalue weighted by Gasteiger charge is 2.03. The van der Waals surface area contributed by atoms with E-state index in [-0.39, 0.29) is 0 Å². The summed E-state index contributed by atoms with van der Waals surface area (Å²) >= 11 is 0. The van der Waals surface area contributed by atoms with Gasteiger partial charge in [-0.15, -0.1) is 39.5 Å². The van der Waals surface area contributed by atoms with Gasteiger partial charge in [-0.1, -0.05) is 204 Å². The van der Waals surface area contributed by atoms with E-state index in [1.54, 1.807) is 0 Å². The van der Waals surface area contributed by atoms with Crippen LogP contribution in [0.5, 0.6) is 0 Å². The molecule has 6 heteroatoms. The molecule has 78 heavy (non-hydrogen) atoms. The fourth-order valence-electron chi connectivity index (χ4n) is 6.58. The summed E-state index contributed by atoms with van der Waals surface area (Å²) in [6.07, 6.45) is 23.4. The standard InChI is InChI=1S/3C20H22N2.6C2H6/c1-3-5-11-17-13-7-9-15-19(17)21-22-20-16-10-8-14-18(20)12-6-4-2;1-3-5-9-17-11-7-13-19(15-17)21-22-20-14-8-12-18(16-20)10-6-4-2;1-3-5-7-17-9-13-19(14-10-17)21-22-20-15-11-18(12-16-20)8-6-4-2;6*1-2/h3-4,7-10,13-16H,1-2,5-6,11-12H2;3-4,7-8,11-16H,1-2,5-6,9-10H2;3-4,9-16H,1-2,5-8H2;6*1-2H3. The second-order valence-corrected chi connectivity index (χ2v) is 15.5. The first kappa shape index (κ1) is 74.8. The van der Waals surface area contributed by atoms with Crippen molar-refractivity contribution >= 4 is 34.1 Å². The molecular formula is C72H102N6. The Labute approximate surface area is 477 Å². The molecule has 0 fully saturated rings. The summed E-state index contributed by atoms with van der Waals surface area (Å²) in [5, 5.41) is 26.2. The third-order valence-electron chi connectivity index (χ3n) is 10.3. The van der Waals surface area contributed by atoms with E-state index in [0.717, 1.165) is 111 Å². The Morgan fingerprint density at radius 1 is 0.256 bits per heavy atom. The summed E-state index contributed by atoms with van der Waals surface area (Å²) in [6, 6.07) is 49.0. The Morgan fingerprint density at radius 3 is 0.833 bits per heavy atom. The molecule has 0 saturated heterocycles. The molecule has 420 valence electrons. The monoisotopic (exact) mass is 1050 g/mol. The normalized spacial score (nSPS) is 9.54. The molecule has 0 aliphatic heterocycles. The first-order chi connectivity index (χ1) is 38.5. The molecule has 0 aliphatic rings. The smallest absolute Gasteiger partial charge is 0.0889 e. The van der Waals surface area contributed by atoms with Crippen LogP contribution in [0, 0.1) is 0 Å². The molecule has 0 amide bonds. The molecule has 0 heterocycles. The molecular weight excluding hydrogens is 949 g/mol. The summed E-state index contributed by atoms with van der Waals surface area (Å²) in [5.41, 5.74) is 12.9. The zero-order chi connectivity index (χ0) is 58.9. The van der Waals surface area contributed by atoms with Gasteiger partial charge in [0, 0.05) is 0 Å². The summed E-state index contributed by atoms with van der Waals surface area (Å²) in [5.74, 6) is 0. The molecule has 6 aromatic carbocycles. The average molecular weight is 1050 g/mol. The molecule has 0 bridgehead atoms. The maximum absolute atomic E-state index is 4.46. The van der Waals surface area contributed by atoms with Crippen LogP contribution < -0.4 is 0 Å². The number of hydrogen-bond acceptors (Lipinski definition) is 6. The molecule has 0 aromatic heterocycles. The van der Waals surface area contributed by atoms with Crippen molar-refractivity contribution in [2.75, 3.05) is 0 Å². The van der Waals surface area contributed by atoms with E-state index in [1.807, 2.05) is 204 Å². The van der Waals surface area contributed by atoms with Gasteiger partial charge in [0.05, 0.1) is 34.1 Å². The lowest BCUT2D eigenvalue weighted by Gasteiger charge is -2.05. The van der Waals surface area contributed by atoms with Gasteiger partial charge in [0.25, 0.3) is 0 Å². The third-order valence-corrected chi connectivity index (χ3v) is 10.3. The first-order valence-corrected chi connectivity index (χ1v) is 28.9. The molecule has 6 nitrogen and oxygen atoms in total. The van der Waals surface area contributed by atoms with Crippen LogP contribution in [0.3, 0.4) is 0 Å². The SMILES string of the molecule is C=CCCc1ccc(N=Nc2ccc(CCC=C)cc2)cc1.C=CCCc1cccc(N=Nc2cccc(CCC=C)c2)c1.C=CCCc1ccccc1N=Nc1ccccc1CCC=C.CC.CC.CC.CC.CC.CC. The molecule has 6 aromatic rings. The van der Waals surface area contributed by atoms with Gasteiger partial charge in [-0.3, -0.25) is 0 Å². The van der Waals surface area contributed by atoms with Crippen LogP contribution in [0.15, 0.2) is 252 Å². The topological polar surface area (TPSA) is 74.2 Å². The van der Waals surface area contributed by atoms with Gasteiger partial charge in [0.2, 0.25) is 0 Å². The minimum atomic E-state index is 0.873. The van der Waals surface area contributed by atoms with Crippen molar-refractivity contribution in [1.29, 1.82) is 0 Å². The average Bonchev–Trinajstić information content (AvgIpc) is 3.52. The van der Waals surface area contributed by atoms with Crippen LogP contribution in [0.1, 0.15) is 155 Å². The van der Waals surface area contributed by atoms with E-state index in [2.05, 4.69) is 131 Å². The molecule has 0 radical (unpaired) electrons. The van der Waals surface area contributed by atoms with Crippen LogP contribution in [-0.2, 0) is 38.5 Å². The highest BCUT2D eigenvalue weighted by Crippen LogP contribution is 2.27. The van der Waals surface area contributed by atoms with Gasteiger partial charge in [0.1, 0.15) is 0 Å². The Balaban J connectivity index is -0.000000983. The van der Waals surface area contributed by atoms with Gasteiger partial charge in [-0.05, 0) is 171 Å². The third kappa shape index (κ3) is 35.7. The summed E-state index contributed by atoms with van der Waals surface area (Å²) < 4.78 is 0. The second kappa shape index (κ2) is 55.8. The van der Waals surface area contributed by atoms with Gasteiger partial charge in [-0.2, -0.15) is 30.7 Å². The fraction of sp³-hybridized carbons (Fsp3) is 0.333. The predicted molar refractivity (Wildman–Crippen MR) is 350 cm³/mol. The van der Waals surface area contributed by atoms with Crippen LogP contribution >= 0.6 is 0 Å². The molecule has 0 spiro atoms. The number of allylic oxidation sites excluding steroid dienone is 6. The summed E-state index contributed by atoms with van der Waals surface area (Å²) in [4.78, 5) is 0. The van der Waals surface area contributed by atoms with Gasteiger partial charge >= 0.3 is 0 Å². The minimum absolute atomic E-state index is 0.873. The number of rotatable bonds is 24. The van der Waals surface area contributed by atoms with Crippen molar-refractivity contribution in [1.82, 2.24) is 0 Å². The van der Waals surface area contributed by atoms with Crippen LogP contribution in [0.2, 0.25) is 0 Å². The number of aryl methyl sites for hydroxylation is 6. The maximum atomic E-state index is 4.46. The van der Waals surface area contributed by atoms with E-state index >= 15 is 0 Å². The maximum Gasteiger partial charge on any atom is 0.0889 e. The molecule has 0 atom stereocenters. The molecule has 6 rings (SSSR count). The highest BCUT2D eigenvalue weighted by molar-refractivity contribution is 5.49. The van der Waals surface area contributed by atoms with Gasteiger partial charge < -0.3 is 0 Å². The lowest BCUT2D eigenvalue weighted by molar-refractivity contribution is 0.984. The van der Waals surface area contributed by atoms with Crippen molar-refractivity contribution in [2.45, 2.75) is 160 Å². The number of benzene rings is 6. The van der Waals surface area contributed by atoms with E-state index in [9.17, 15) is 0 Å². The summed E-state index contributed by atoms with van der Waals surface area (Å²) in [6.45, 7) is 46.5. The van der Waals surface area contributed by atoms with E-state index in [4.69, 9.17) is 0 Å². The molecule has 0 unspecified atom stereocenters. The fourth-order valence-corrected chi connectivity index (χ4v) is 6.58. The summed E-state index contributed by atoms with van der Waals surface area (Å²) in [7, 11) is 0. The molecule has 0 N–H and O–H groups in total. The van der Waals surface area contributed by atoms with Crippen LogP contribution in [0.25, 0.3) is 0 Å². The Morgan fingerprint density at radius 2 is 0.526 bits per heavy atom. The number of hydrogen-bond donors (Lipinski definition) is 0. The van der Waals surface area contributed by atoms with E-state index in [0.29, 0.717) is 0 Å². The lowest BCUT2D eigenvalue weighted by Crippen LogP contribution is -1.85. The molecule has 0 saturated carbocycles. The first-order valence-electron chi connectivity index (χ1n) is 28.9. The van der Waals surface area contributed by atoms with E-state index in [1.165, 1.54) is 33.4 Å². The lowest BCUT2D eigenvalue weighted by atomic mass is 10.1. The van der Waals surface area contributed by atoms with Crippen molar-refractivity contribution in [2.24, 2.45) is 30.7 Å². The van der Waals surface area contributed by atoms with Gasteiger partial charge in [0.15, 0.2) is 0 Å². The Bertz CT molecular complexity index is 2320. The number of nitrogens with zero attached hydrogens (tertiary/aromatic N) is 6. The second-order valence-electron chi connectivity index (χ2n) is 15.5. The van der Waals surface area contributed by atoms with Gasteiger partial charge in [-0.25, -0.2) is 0 Å². The van der Waals surface area contributed by atoms with Crippen molar-refractivity contribution in [3.05, 3.63) is 255 Å². The quantitative estimate of drug-likeness (QED) is 0.0428. The number of azo groups is 3. The molecule has 0 aliphatic carbocycles.